The molecule has 1 aromatic rings. The molecule has 0 amide bonds. The fraction of sp³-hybridized carbons (Fsp3) is 0.538. The molecule has 0 N–H and O–H groups in total. The van der Waals surface area contributed by atoms with Gasteiger partial charge in [-0.2, -0.15) is 0 Å². The fourth-order valence-corrected chi connectivity index (χ4v) is 6.97. The normalized spacial score (nSPS) is 11.7. The molecule has 0 aliphatic heterocycles. The molecular weight excluding hydrogens is 291 g/mol. The van der Waals surface area contributed by atoms with Crippen LogP contribution in [0.25, 0.3) is 0 Å². The van der Waals surface area contributed by atoms with Crippen molar-refractivity contribution in [1.29, 1.82) is 0 Å². The summed E-state index contributed by atoms with van der Waals surface area (Å²) >= 11 is -2.13. The Morgan fingerprint density at radius 3 is 2.40 bits per heavy atom. The third kappa shape index (κ3) is 5.57. The summed E-state index contributed by atoms with van der Waals surface area (Å²) in [5.74, 6) is 0. The van der Waals surface area contributed by atoms with Gasteiger partial charge in [0.15, 0.2) is 0 Å². The second-order valence-electron chi connectivity index (χ2n) is 4.64. The van der Waals surface area contributed by atoms with E-state index in [2.05, 4.69) is 47.1 Å². The van der Waals surface area contributed by atoms with E-state index in [1.165, 1.54) is 22.8 Å². The third-order valence-corrected chi connectivity index (χ3v) is 9.69. The molecule has 0 radical (unpaired) electrons. The van der Waals surface area contributed by atoms with Crippen LogP contribution in [0.3, 0.4) is 0 Å². The van der Waals surface area contributed by atoms with Crippen molar-refractivity contribution in [3.63, 3.8) is 0 Å². The molecule has 15 heavy (non-hydrogen) atoms. The van der Waals surface area contributed by atoms with E-state index in [0.29, 0.717) is 0 Å². The van der Waals surface area contributed by atoms with E-state index in [1.807, 2.05) is 0 Å². The monoisotopic (exact) mass is 314 g/mol. The quantitative estimate of drug-likeness (QED) is 0.715. The van der Waals surface area contributed by atoms with Crippen LogP contribution in [0.4, 0.5) is 0 Å². The van der Waals surface area contributed by atoms with Crippen LogP contribution >= 0.6 is 0 Å². The molecule has 0 spiro atoms. The number of unbranched alkanes of at least 4 members (excludes halogenated alkanes) is 1. The van der Waals surface area contributed by atoms with E-state index in [0.717, 1.165) is 6.61 Å². The maximum atomic E-state index is 6.13. The minimum atomic E-state index is -2.13. The molecular formula is C13H22OSn. The summed E-state index contributed by atoms with van der Waals surface area (Å²) in [4.78, 5) is 4.76. The van der Waals surface area contributed by atoms with Crippen molar-refractivity contribution in [3.05, 3.63) is 35.9 Å². The van der Waals surface area contributed by atoms with Crippen LogP contribution < -0.4 is 0 Å². The van der Waals surface area contributed by atoms with Gasteiger partial charge >= 0.3 is 98.4 Å². The molecule has 0 aliphatic carbocycles. The Morgan fingerprint density at radius 2 is 1.80 bits per heavy atom. The molecule has 1 aromatic carbocycles. The molecule has 0 heterocycles. The predicted molar refractivity (Wildman–Crippen MR) is 68.4 cm³/mol. The Labute approximate surface area is 98.3 Å². The van der Waals surface area contributed by atoms with Gasteiger partial charge in [-0.15, -0.1) is 0 Å². The number of hydrogen-bond donors (Lipinski definition) is 0. The summed E-state index contributed by atoms with van der Waals surface area (Å²) in [6, 6.07) is 10.5. The first-order chi connectivity index (χ1) is 7.14. The van der Waals surface area contributed by atoms with Crippen LogP contribution in [0, 0.1) is 0 Å². The molecule has 0 saturated carbocycles. The molecule has 0 unspecified atom stereocenters. The summed E-state index contributed by atoms with van der Waals surface area (Å²) < 4.78 is 7.47. The Bertz CT molecular complexity index is 269. The first-order valence-corrected chi connectivity index (χ1v) is 14.7. The average Bonchev–Trinajstić information content (AvgIpc) is 2.25. The van der Waals surface area contributed by atoms with Crippen molar-refractivity contribution in [1.82, 2.24) is 0 Å². The Morgan fingerprint density at radius 1 is 1.13 bits per heavy atom. The van der Waals surface area contributed by atoms with Crippen LogP contribution in [-0.4, -0.2) is 18.8 Å². The Hall–Kier alpha value is -0.0213. The maximum absolute atomic E-state index is 6.13. The van der Waals surface area contributed by atoms with Gasteiger partial charge in [0.2, 0.25) is 0 Å². The van der Waals surface area contributed by atoms with Crippen molar-refractivity contribution in [3.8, 4) is 0 Å². The van der Waals surface area contributed by atoms with Gasteiger partial charge in [0.25, 0.3) is 0 Å². The molecule has 0 atom stereocenters. The fourth-order valence-electron chi connectivity index (χ4n) is 1.53. The van der Waals surface area contributed by atoms with Crippen LogP contribution in [0.5, 0.6) is 0 Å². The SMILES string of the molecule is CCC[CH2][Sn]([CH3])([CH3])[O]Cc1ccccc1. The van der Waals surface area contributed by atoms with Gasteiger partial charge in [-0.1, -0.05) is 0 Å². The number of rotatable bonds is 6. The summed E-state index contributed by atoms with van der Waals surface area (Å²) in [5, 5.41) is 0. The van der Waals surface area contributed by atoms with E-state index in [1.54, 1.807) is 0 Å². The van der Waals surface area contributed by atoms with E-state index in [4.69, 9.17) is 3.07 Å². The molecule has 1 rings (SSSR count). The molecule has 0 fully saturated rings. The van der Waals surface area contributed by atoms with E-state index >= 15 is 0 Å². The van der Waals surface area contributed by atoms with Gasteiger partial charge in [-0.25, -0.2) is 0 Å². The first kappa shape index (κ1) is 13.0. The van der Waals surface area contributed by atoms with E-state index in [-0.39, 0.29) is 0 Å². The zero-order valence-corrected chi connectivity index (χ0v) is 13.0. The molecule has 84 valence electrons. The standard InChI is InChI=1S/C7H7O.C4H9.2CH3.Sn/c8-6-7-4-2-1-3-5-7;1-3-4-2;;;/h1-5H,6H2;1,3-4H2,2H3;2*1H3;/q-1;;;;+1. The van der Waals surface area contributed by atoms with Crippen molar-refractivity contribution >= 4 is 18.8 Å². The zero-order chi connectivity index (χ0) is 11.1. The number of hydrogen-bond acceptors (Lipinski definition) is 1. The molecule has 1 nitrogen and oxygen atoms in total. The summed E-state index contributed by atoms with van der Waals surface area (Å²) in [5.41, 5.74) is 1.30. The third-order valence-electron chi connectivity index (χ3n) is 2.60. The summed E-state index contributed by atoms with van der Waals surface area (Å²) in [6.45, 7) is 3.06. The van der Waals surface area contributed by atoms with Crippen molar-refractivity contribution < 1.29 is 3.07 Å². The van der Waals surface area contributed by atoms with Crippen molar-refractivity contribution in [2.75, 3.05) is 0 Å². The van der Waals surface area contributed by atoms with Crippen molar-refractivity contribution in [2.45, 2.75) is 40.7 Å². The Balaban J connectivity index is 2.35. The minimum absolute atomic E-state index is 0.813. The van der Waals surface area contributed by atoms with Gasteiger partial charge in [0.1, 0.15) is 0 Å². The van der Waals surface area contributed by atoms with E-state index in [9.17, 15) is 0 Å². The van der Waals surface area contributed by atoms with Crippen LogP contribution in [0.2, 0.25) is 14.3 Å². The van der Waals surface area contributed by atoms with Gasteiger partial charge in [0.05, 0.1) is 0 Å². The van der Waals surface area contributed by atoms with Crippen LogP contribution in [0.1, 0.15) is 25.3 Å². The zero-order valence-electron chi connectivity index (χ0n) is 10.1. The van der Waals surface area contributed by atoms with E-state index < -0.39 is 18.8 Å². The van der Waals surface area contributed by atoms with Gasteiger partial charge in [-0.3, -0.25) is 0 Å². The second-order valence-corrected chi connectivity index (χ2v) is 16.9. The summed E-state index contributed by atoms with van der Waals surface area (Å²) in [7, 11) is 0. The van der Waals surface area contributed by atoms with Gasteiger partial charge < -0.3 is 0 Å². The van der Waals surface area contributed by atoms with Crippen molar-refractivity contribution in [2.24, 2.45) is 0 Å². The molecule has 0 aromatic heterocycles. The number of benzene rings is 1. The predicted octanol–water partition coefficient (Wildman–Crippen LogP) is 4.21. The Kier molecular flexibility index (Phi) is 5.69. The topological polar surface area (TPSA) is 9.23 Å². The van der Waals surface area contributed by atoms with Crippen LogP contribution in [0.15, 0.2) is 30.3 Å². The van der Waals surface area contributed by atoms with Crippen LogP contribution in [-0.2, 0) is 9.68 Å². The van der Waals surface area contributed by atoms with Gasteiger partial charge in [0, 0.05) is 0 Å². The molecule has 0 aliphatic rings. The summed E-state index contributed by atoms with van der Waals surface area (Å²) in [6.07, 6.45) is 2.62. The molecule has 0 saturated heterocycles. The van der Waals surface area contributed by atoms with Gasteiger partial charge in [-0.05, 0) is 0 Å². The molecule has 2 heteroatoms. The second kappa shape index (κ2) is 6.54. The first-order valence-electron chi connectivity index (χ1n) is 5.82. The molecule has 0 bridgehead atoms. The average molecular weight is 313 g/mol.